The maximum absolute atomic E-state index is 11.6. The Morgan fingerprint density at radius 3 is 2.45 bits per heavy atom. The summed E-state index contributed by atoms with van der Waals surface area (Å²) in [4.78, 5) is 13.9. The van der Waals surface area contributed by atoms with E-state index in [2.05, 4.69) is 47.6 Å². The van der Waals surface area contributed by atoms with Gasteiger partial charge in [0.15, 0.2) is 0 Å². The lowest BCUT2D eigenvalue weighted by molar-refractivity contribution is -0.118. The molecule has 0 aliphatic carbocycles. The topological polar surface area (TPSA) is 44.4 Å². The number of para-hydroxylation sites is 1. The number of benzene rings is 1. The fraction of sp³-hybridized carbons (Fsp3) is 0.389. The standard InChI is InChI=1S/C18H25N3O/c1-4-12-21(13-5-2)17-11-10-15-8-6-7-9-16(15)20-18(17)19-14(3)22/h6-11,20H,4-5,12-13H2,1-3H3,(H,19,22). The van der Waals surface area contributed by atoms with Gasteiger partial charge >= 0.3 is 0 Å². The molecule has 1 amide bonds. The first-order valence-electron chi connectivity index (χ1n) is 7.96. The highest BCUT2D eigenvalue weighted by atomic mass is 16.1. The van der Waals surface area contributed by atoms with Gasteiger partial charge in [-0.15, -0.1) is 0 Å². The maximum Gasteiger partial charge on any atom is 0.222 e. The van der Waals surface area contributed by atoms with E-state index in [4.69, 9.17) is 0 Å². The van der Waals surface area contributed by atoms with Gasteiger partial charge in [0.1, 0.15) is 5.82 Å². The van der Waals surface area contributed by atoms with Crippen LogP contribution in [0.1, 0.15) is 39.2 Å². The maximum atomic E-state index is 11.6. The average Bonchev–Trinajstić information content (AvgIpc) is 2.65. The van der Waals surface area contributed by atoms with E-state index in [0.717, 1.165) is 48.7 Å². The summed E-state index contributed by atoms with van der Waals surface area (Å²) in [6.45, 7) is 7.81. The number of allylic oxidation sites excluding steroid dienone is 1. The molecule has 1 aliphatic rings. The van der Waals surface area contributed by atoms with Crippen LogP contribution in [-0.2, 0) is 4.79 Å². The summed E-state index contributed by atoms with van der Waals surface area (Å²) in [7, 11) is 0. The first-order valence-corrected chi connectivity index (χ1v) is 7.96. The van der Waals surface area contributed by atoms with Gasteiger partial charge in [-0.25, -0.2) is 0 Å². The average molecular weight is 299 g/mol. The summed E-state index contributed by atoms with van der Waals surface area (Å²) in [5.41, 5.74) is 3.16. The number of hydrogen-bond acceptors (Lipinski definition) is 3. The van der Waals surface area contributed by atoms with Crippen LogP contribution < -0.4 is 10.6 Å². The van der Waals surface area contributed by atoms with E-state index in [9.17, 15) is 4.79 Å². The van der Waals surface area contributed by atoms with Gasteiger partial charge in [-0.05, 0) is 30.5 Å². The smallest absolute Gasteiger partial charge is 0.222 e. The molecule has 2 N–H and O–H groups in total. The van der Waals surface area contributed by atoms with Crippen LogP contribution in [0.2, 0.25) is 0 Å². The fourth-order valence-corrected chi connectivity index (χ4v) is 2.63. The summed E-state index contributed by atoms with van der Waals surface area (Å²) in [5, 5.41) is 6.33. The highest BCUT2D eigenvalue weighted by Gasteiger charge is 2.16. The van der Waals surface area contributed by atoms with Crippen LogP contribution in [0, 0.1) is 0 Å². The summed E-state index contributed by atoms with van der Waals surface area (Å²) in [6, 6.07) is 8.10. The van der Waals surface area contributed by atoms with Crippen LogP contribution in [0.15, 0.2) is 41.9 Å². The predicted octanol–water partition coefficient (Wildman–Crippen LogP) is 3.55. The third kappa shape index (κ3) is 3.91. The van der Waals surface area contributed by atoms with Gasteiger partial charge in [-0.3, -0.25) is 4.79 Å². The quantitative estimate of drug-likeness (QED) is 0.844. The van der Waals surface area contributed by atoms with Crippen molar-refractivity contribution in [2.45, 2.75) is 33.6 Å². The third-order valence-corrected chi connectivity index (χ3v) is 3.53. The van der Waals surface area contributed by atoms with E-state index in [-0.39, 0.29) is 5.91 Å². The van der Waals surface area contributed by atoms with Crippen molar-refractivity contribution in [1.29, 1.82) is 0 Å². The van der Waals surface area contributed by atoms with Crippen LogP contribution >= 0.6 is 0 Å². The SMILES string of the molecule is CCCN(CCC)C1=C(NC(C)=O)Nc2ccccc2C=C1. The monoisotopic (exact) mass is 299 g/mol. The van der Waals surface area contributed by atoms with Crippen LogP contribution in [0.5, 0.6) is 0 Å². The first kappa shape index (κ1) is 16.1. The van der Waals surface area contributed by atoms with Gasteiger partial charge in [0.2, 0.25) is 5.91 Å². The Morgan fingerprint density at radius 1 is 1.14 bits per heavy atom. The second-order valence-corrected chi connectivity index (χ2v) is 5.47. The summed E-state index contributed by atoms with van der Waals surface area (Å²) >= 11 is 0. The Bertz CT molecular complexity index is 584. The zero-order chi connectivity index (χ0) is 15.9. The van der Waals surface area contributed by atoms with E-state index in [1.54, 1.807) is 0 Å². The molecule has 1 aromatic carbocycles. The number of rotatable bonds is 6. The van der Waals surface area contributed by atoms with E-state index in [1.807, 2.05) is 18.2 Å². The minimum Gasteiger partial charge on any atom is -0.369 e. The van der Waals surface area contributed by atoms with Crippen molar-refractivity contribution in [2.24, 2.45) is 0 Å². The minimum atomic E-state index is -0.0688. The summed E-state index contributed by atoms with van der Waals surface area (Å²) in [5.74, 6) is 0.691. The van der Waals surface area contributed by atoms with E-state index < -0.39 is 0 Å². The molecule has 0 radical (unpaired) electrons. The molecule has 0 bridgehead atoms. The van der Waals surface area contributed by atoms with Crippen LogP contribution in [0.4, 0.5) is 5.69 Å². The molecule has 0 aromatic heterocycles. The lowest BCUT2D eigenvalue weighted by Gasteiger charge is -2.27. The molecule has 4 heteroatoms. The molecule has 118 valence electrons. The van der Waals surface area contributed by atoms with Crippen LogP contribution in [0.25, 0.3) is 6.08 Å². The summed E-state index contributed by atoms with van der Waals surface area (Å²) < 4.78 is 0. The number of nitrogens with zero attached hydrogens (tertiary/aromatic N) is 1. The van der Waals surface area contributed by atoms with Gasteiger partial charge in [0, 0.05) is 25.7 Å². The first-order chi connectivity index (χ1) is 10.7. The number of carbonyl (C=O) groups excluding carboxylic acids is 1. The van der Waals surface area contributed by atoms with Crippen molar-refractivity contribution in [3.63, 3.8) is 0 Å². The molecular weight excluding hydrogens is 274 g/mol. The molecule has 22 heavy (non-hydrogen) atoms. The zero-order valence-corrected chi connectivity index (χ0v) is 13.6. The van der Waals surface area contributed by atoms with Crippen molar-refractivity contribution < 1.29 is 4.79 Å². The number of fused-ring (bicyclic) bond motifs is 1. The number of amides is 1. The lowest BCUT2D eigenvalue weighted by Crippen LogP contribution is -2.32. The Kier molecular flexibility index (Phi) is 5.64. The molecule has 1 heterocycles. The molecule has 1 aromatic rings. The molecule has 1 aliphatic heterocycles. The van der Waals surface area contributed by atoms with Crippen molar-refractivity contribution in [3.8, 4) is 0 Å². The van der Waals surface area contributed by atoms with E-state index in [0.29, 0.717) is 0 Å². The normalized spacial score (nSPS) is 13.2. The van der Waals surface area contributed by atoms with Crippen LogP contribution in [0.3, 0.4) is 0 Å². The largest absolute Gasteiger partial charge is 0.369 e. The summed E-state index contributed by atoms with van der Waals surface area (Å²) in [6.07, 6.45) is 6.33. The highest BCUT2D eigenvalue weighted by molar-refractivity contribution is 5.78. The Balaban J connectivity index is 2.42. The Morgan fingerprint density at radius 2 is 1.82 bits per heavy atom. The van der Waals surface area contributed by atoms with Gasteiger partial charge in [-0.2, -0.15) is 0 Å². The van der Waals surface area contributed by atoms with Crippen LogP contribution in [-0.4, -0.2) is 23.9 Å². The number of hydrogen-bond donors (Lipinski definition) is 2. The Labute approximate surface area is 132 Å². The molecular formula is C18H25N3O. The minimum absolute atomic E-state index is 0.0688. The second kappa shape index (κ2) is 7.69. The molecule has 0 saturated carbocycles. The van der Waals surface area contributed by atoms with Gasteiger partial charge < -0.3 is 15.5 Å². The van der Waals surface area contributed by atoms with Gasteiger partial charge in [0.25, 0.3) is 0 Å². The molecule has 0 fully saturated rings. The predicted molar refractivity (Wildman–Crippen MR) is 92.1 cm³/mol. The molecule has 0 unspecified atom stereocenters. The van der Waals surface area contributed by atoms with E-state index >= 15 is 0 Å². The number of carbonyl (C=O) groups is 1. The lowest BCUT2D eigenvalue weighted by atomic mass is 10.1. The Hall–Kier alpha value is -2.23. The van der Waals surface area contributed by atoms with Crippen molar-refractivity contribution in [3.05, 3.63) is 47.4 Å². The zero-order valence-electron chi connectivity index (χ0n) is 13.6. The molecule has 4 nitrogen and oxygen atoms in total. The van der Waals surface area contributed by atoms with Crippen molar-refractivity contribution in [2.75, 3.05) is 18.4 Å². The molecule has 0 spiro atoms. The fourth-order valence-electron chi connectivity index (χ4n) is 2.63. The third-order valence-electron chi connectivity index (χ3n) is 3.53. The number of nitrogens with one attached hydrogen (secondary N) is 2. The van der Waals surface area contributed by atoms with Gasteiger partial charge in [0.05, 0.1) is 5.70 Å². The number of anilines is 1. The molecule has 0 saturated heterocycles. The van der Waals surface area contributed by atoms with Crippen molar-refractivity contribution in [1.82, 2.24) is 10.2 Å². The van der Waals surface area contributed by atoms with E-state index in [1.165, 1.54) is 6.92 Å². The van der Waals surface area contributed by atoms with Crippen molar-refractivity contribution >= 4 is 17.7 Å². The van der Waals surface area contributed by atoms with Gasteiger partial charge in [-0.1, -0.05) is 38.1 Å². The molecule has 2 rings (SSSR count). The molecule has 0 atom stereocenters. The highest BCUT2D eigenvalue weighted by Crippen LogP contribution is 2.25. The second-order valence-electron chi connectivity index (χ2n) is 5.47.